The highest BCUT2D eigenvalue weighted by Crippen LogP contribution is 2.13. The fraction of sp³-hybridized carbons (Fsp3) is 0.118. The number of nitro groups is 1. The Hall–Kier alpha value is -3.62. The van der Waals surface area contributed by atoms with E-state index >= 15 is 0 Å². The molecule has 134 valence electrons. The highest BCUT2D eigenvalue weighted by atomic mass is 19.1. The molecule has 0 aliphatic carbocycles. The molecule has 0 bridgehead atoms. The van der Waals surface area contributed by atoms with Gasteiger partial charge in [0, 0.05) is 17.7 Å². The Morgan fingerprint density at radius 1 is 1.19 bits per heavy atom. The van der Waals surface area contributed by atoms with Crippen molar-refractivity contribution in [1.82, 2.24) is 10.7 Å². The summed E-state index contributed by atoms with van der Waals surface area (Å²) in [7, 11) is 0. The van der Waals surface area contributed by atoms with Crippen LogP contribution in [0.2, 0.25) is 0 Å². The molecule has 0 atom stereocenters. The lowest BCUT2D eigenvalue weighted by atomic mass is 10.1. The zero-order chi connectivity index (χ0) is 19.1. The van der Waals surface area contributed by atoms with Gasteiger partial charge in [0.15, 0.2) is 0 Å². The Kier molecular flexibility index (Phi) is 6.10. The van der Waals surface area contributed by atoms with Gasteiger partial charge in [0.25, 0.3) is 17.5 Å². The average molecular weight is 358 g/mol. The maximum Gasteiger partial charge on any atom is 0.270 e. The number of hydrogen-bond acceptors (Lipinski definition) is 5. The van der Waals surface area contributed by atoms with Crippen molar-refractivity contribution < 1.29 is 18.9 Å². The van der Waals surface area contributed by atoms with Gasteiger partial charge in [-0.2, -0.15) is 5.10 Å². The van der Waals surface area contributed by atoms with Crippen LogP contribution < -0.4 is 10.7 Å². The van der Waals surface area contributed by atoms with E-state index in [9.17, 15) is 24.1 Å². The van der Waals surface area contributed by atoms with E-state index in [1.54, 1.807) is 13.0 Å². The second kappa shape index (κ2) is 8.47. The van der Waals surface area contributed by atoms with Gasteiger partial charge in [-0.3, -0.25) is 19.7 Å². The standard InChI is InChI=1S/C17H15FN4O4/c1-11(12-5-4-6-13(9-12)22(25)26)20-21-16(23)10-19-17(24)14-7-2-3-8-15(14)18/h2-9H,10H2,1H3,(H,19,24)(H,21,23)/b20-11+. The van der Waals surface area contributed by atoms with Crippen molar-refractivity contribution >= 4 is 23.2 Å². The summed E-state index contributed by atoms with van der Waals surface area (Å²) in [5, 5.41) is 16.9. The van der Waals surface area contributed by atoms with Crippen molar-refractivity contribution in [3.63, 3.8) is 0 Å². The van der Waals surface area contributed by atoms with Gasteiger partial charge < -0.3 is 5.32 Å². The van der Waals surface area contributed by atoms with Crippen LogP contribution in [0.1, 0.15) is 22.8 Å². The largest absolute Gasteiger partial charge is 0.343 e. The number of nitrogens with zero attached hydrogens (tertiary/aromatic N) is 2. The van der Waals surface area contributed by atoms with E-state index in [2.05, 4.69) is 15.8 Å². The smallest absolute Gasteiger partial charge is 0.270 e. The zero-order valence-electron chi connectivity index (χ0n) is 13.7. The molecule has 0 aliphatic heterocycles. The highest BCUT2D eigenvalue weighted by Gasteiger charge is 2.12. The summed E-state index contributed by atoms with van der Waals surface area (Å²) in [6, 6.07) is 11.2. The number of hydrazone groups is 1. The molecule has 8 nitrogen and oxygen atoms in total. The van der Waals surface area contributed by atoms with Crippen LogP contribution in [0.4, 0.5) is 10.1 Å². The molecule has 9 heteroatoms. The van der Waals surface area contributed by atoms with Gasteiger partial charge in [-0.1, -0.05) is 24.3 Å². The van der Waals surface area contributed by atoms with Crippen LogP contribution in [-0.4, -0.2) is 29.0 Å². The highest BCUT2D eigenvalue weighted by molar-refractivity contribution is 6.00. The third-order valence-corrected chi connectivity index (χ3v) is 3.35. The summed E-state index contributed by atoms with van der Waals surface area (Å²) in [4.78, 5) is 33.8. The first-order chi connectivity index (χ1) is 12.4. The minimum atomic E-state index is -0.724. The van der Waals surface area contributed by atoms with Crippen molar-refractivity contribution in [3.8, 4) is 0 Å². The third-order valence-electron chi connectivity index (χ3n) is 3.35. The van der Waals surface area contributed by atoms with Crippen LogP contribution in [0.15, 0.2) is 53.6 Å². The summed E-state index contributed by atoms with van der Waals surface area (Å²) >= 11 is 0. The van der Waals surface area contributed by atoms with E-state index < -0.39 is 29.1 Å². The lowest BCUT2D eigenvalue weighted by Gasteiger charge is -2.06. The number of amides is 2. The Labute approximate surface area is 147 Å². The molecule has 2 N–H and O–H groups in total. The molecule has 26 heavy (non-hydrogen) atoms. The zero-order valence-corrected chi connectivity index (χ0v) is 13.7. The molecule has 0 saturated carbocycles. The van der Waals surface area contributed by atoms with Gasteiger partial charge >= 0.3 is 0 Å². The van der Waals surface area contributed by atoms with Crippen LogP contribution >= 0.6 is 0 Å². The fourth-order valence-corrected chi connectivity index (χ4v) is 2.00. The second-order valence-electron chi connectivity index (χ2n) is 5.20. The molecule has 2 amide bonds. The van der Waals surface area contributed by atoms with Gasteiger partial charge in [0.1, 0.15) is 5.82 Å². The van der Waals surface area contributed by atoms with E-state index in [-0.39, 0.29) is 11.3 Å². The van der Waals surface area contributed by atoms with Crippen LogP contribution in [-0.2, 0) is 4.79 Å². The van der Waals surface area contributed by atoms with Crippen molar-refractivity contribution in [2.24, 2.45) is 5.10 Å². The average Bonchev–Trinajstić information content (AvgIpc) is 2.64. The molecule has 2 aromatic carbocycles. The lowest BCUT2D eigenvalue weighted by Crippen LogP contribution is -2.35. The number of rotatable bonds is 6. The molecule has 2 aromatic rings. The van der Waals surface area contributed by atoms with Crippen molar-refractivity contribution in [2.75, 3.05) is 6.54 Å². The Morgan fingerprint density at radius 3 is 2.62 bits per heavy atom. The molecule has 2 rings (SSSR count). The predicted molar refractivity (Wildman–Crippen MR) is 92.2 cm³/mol. The number of hydrogen-bond donors (Lipinski definition) is 2. The number of non-ortho nitro benzene ring substituents is 1. The Morgan fingerprint density at radius 2 is 1.92 bits per heavy atom. The monoisotopic (exact) mass is 358 g/mol. The van der Waals surface area contributed by atoms with Gasteiger partial charge in [-0.15, -0.1) is 0 Å². The minimum absolute atomic E-state index is 0.0967. The number of benzene rings is 2. The van der Waals surface area contributed by atoms with E-state index in [0.717, 1.165) is 6.07 Å². The molecule has 0 aliphatic rings. The van der Waals surface area contributed by atoms with Crippen LogP contribution in [0.25, 0.3) is 0 Å². The minimum Gasteiger partial charge on any atom is -0.343 e. The molecular weight excluding hydrogens is 343 g/mol. The van der Waals surface area contributed by atoms with E-state index in [4.69, 9.17) is 0 Å². The second-order valence-corrected chi connectivity index (χ2v) is 5.20. The van der Waals surface area contributed by atoms with Crippen molar-refractivity contribution in [2.45, 2.75) is 6.92 Å². The molecule has 0 spiro atoms. The lowest BCUT2D eigenvalue weighted by molar-refractivity contribution is -0.384. The van der Waals surface area contributed by atoms with E-state index in [1.165, 1.54) is 36.4 Å². The van der Waals surface area contributed by atoms with Crippen LogP contribution in [0.5, 0.6) is 0 Å². The quantitative estimate of drug-likeness (QED) is 0.467. The van der Waals surface area contributed by atoms with Gasteiger partial charge in [0.05, 0.1) is 22.7 Å². The number of carbonyl (C=O) groups is 2. The number of nitrogens with one attached hydrogen (secondary N) is 2. The first-order valence-electron chi connectivity index (χ1n) is 7.49. The molecular formula is C17H15FN4O4. The first kappa shape index (κ1) is 18.7. The molecule has 0 saturated heterocycles. The maximum absolute atomic E-state index is 13.5. The molecule has 0 aromatic heterocycles. The molecule has 0 unspecified atom stereocenters. The molecule has 0 radical (unpaired) electrons. The van der Waals surface area contributed by atoms with Crippen LogP contribution in [0.3, 0.4) is 0 Å². The first-order valence-corrected chi connectivity index (χ1v) is 7.49. The maximum atomic E-state index is 13.5. The van der Waals surface area contributed by atoms with Crippen molar-refractivity contribution in [1.29, 1.82) is 0 Å². The third kappa shape index (κ3) is 4.94. The van der Waals surface area contributed by atoms with Crippen molar-refractivity contribution in [3.05, 3.63) is 75.6 Å². The summed E-state index contributed by atoms with van der Waals surface area (Å²) < 4.78 is 13.5. The molecule has 0 fully saturated rings. The van der Waals surface area contributed by atoms with Crippen LogP contribution in [0, 0.1) is 15.9 Å². The van der Waals surface area contributed by atoms with Gasteiger partial charge in [-0.05, 0) is 19.1 Å². The SMILES string of the molecule is C/C(=N\NC(=O)CNC(=O)c1ccccc1F)c1cccc([N+](=O)[O-])c1. The summed E-state index contributed by atoms with van der Waals surface area (Å²) in [6.07, 6.45) is 0. The van der Waals surface area contributed by atoms with Gasteiger partial charge in [-0.25, -0.2) is 9.82 Å². The normalized spacial score (nSPS) is 10.9. The summed E-state index contributed by atoms with van der Waals surface area (Å²) in [5.74, 6) is -2.04. The number of halogens is 1. The number of nitro benzene ring substituents is 1. The fourth-order valence-electron chi connectivity index (χ4n) is 2.00. The summed E-state index contributed by atoms with van der Waals surface area (Å²) in [6.45, 7) is 1.16. The Balaban J connectivity index is 1.92. The van der Waals surface area contributed by atoms with E-state index in [1.807, 2.05) is 0 Å². The predicted octanol–water partition coefficient (Wildman–Crippen LogP) is 2.00. The molecule has 0 heterocycles. The Bertz CT molecular complexity index is 883. The number of carbonyl (C=O) groups excluding carboxylic acids is 2. The van der Waals surface area contributed by atoms with Gasteiger partial charge in [0.2, 0.25) is 0 Å². The summed E-state index contributed by atoms with van der Waals surface area (Å²) in [5.41, 5.74) is 2.77. The van der Waals surface area contributed by atoms with E-state index in [0.29, 0.717) is 11.3 Å². The topological polar surface area (TPSA) is 114 Å².